The van der Waals surface area contributed by atoms with Crippen LogP contribution in [0.1, 0.15) is 34.6 Å². The fraction of sp³-hybridized carbons (Fsp3) is 0.643. The maximum Gasteiger partial charge on any atom is 0.496 e. The third-order valence-electron chi connectivity index (χ3n) is 2.09. The minimum Gasteiger partial charge on any atom is -0.286 e. The van der Waals surface area contributed by atoms with Gasteiger partial charge in [0, 0.05) is 6.08 Å². The minimum atomic E-state index is -3.77. The maximum absolute atomic E-state index is 12.3. The van der Waals surface area contributed by atoms with E-state index < -0.39 is 13.7 Å². The van der Waals surface area contributed by atoms with Crippen molar-refractivity contribution in [2.45, 2.75) is 34.6 Å². The Morgan fingerprint density at radius 1 is 1.19 bits per heavy atom. The molecule has 0 bridgehead atoms. The average Bonchev–Trinajstić information content (AvgIpc) is 2.38. The lowest BCUT2D eigenvalue weighted by atomic mass is 10.2. The van der Waals surface area contributed by atoms with Crippen LogP contribution in [0.15, 0.2) is 24.3 Å². The molecule has 0 rings (SSSR count). The number of carbonyl (C=O) groups excluding carboxylic acids is 1. The second kappa shape index (κ2) is 10.7. The van der Waals surface area contributed by atoms with E-state index >= 15 is 0 Å². The predicted octanol–water partition coefficient (Wildman–Crippen LogP) is 3.72. The smallest absolute Gasteiger partial charge is 0.286 e. The number of allylic oxidation sites excluding steroid dienone is 3. The van der Waals surface area contributed by atoms with Crippen LogP contribution in [0.2, 0.25) is 0 Å². The van der Waals surface area contributed by atoms with Crippen LogP contribution < -0.4 is 0 Å². The minimum absolute atomic E-state index is 0.140. The molecule has 0 aromatic rings. The van der Waals surface area contributed by atoms with Crippen LogP contribution in [0.4, 0.5) is 0 Å². The summed E-state index contributed by atoms with van der Waals surface area (Å²) in [6.07, 6.45) is 6.44. The summed E-state index contributed by atoms with van der Waals surface area (Å²) < 4.78 is 27.7. The molecule has 0 saturated heterocycles. The predicted molar refractivity (Wildman–Crippen MR) is 82.4 cm³/mol. The summed E-state index contributed by atoms with van der Waals surface area (Å²) in [5.74, 6) is -0.276. The van der Waals surface area contributed by atoms with E-state index in [1.807, 2.05) is 20.8 Å². The Morgan fingerprint density at radius 2 is 1.76 bits per heavy atom. The molecule has 0 radical (unpaired) electrons. The highest BCUT2D eigenvalue weighted by Gasteiger charge is 2.31. The first-order valence-electron chi connectivity index (χ1n) is 7.08. The first-order chi connectivity index (χ1) is 9.88. The Morgan fingerprint density at radius 3 is 2.19 bits per heavy atom. The molecule has 0 heterocycles. The van der Waals surface area contributed by atoms with Crippen LogP contribution in [0, 0.1) is 5.92 Å². The molecule has 0 saturated carbocycles. The average molecular weight is 319 g/mol. The van der Waals surface area contributed by atoms with Crippen LogP contribution >= 0.6 is 7.82 Å². The van der Waals surface area contributed by atoms with E-state index in [0.29, 0.717) is 0 Å². The number of nitrogens with zero attached hydrogens (tertiary/aromatic N) is 1. The van der Waals surface area contributed by atoms with Gasteiger partial charge in [0.25, 0.3) is 5.91 Å². The van der Waals surface area contributed by atoms with Crippen molar-refractivity contribution in [3.63, 3.8) is 0 Å². The van der Waals surface area contributed by atoms with E-state index in [2.05, 4.69) is 0 Å². The molecule has 0 fully saturated rings. The van der Waals surface area contributed by atoms with Gasteiger partial charge < -0.3 is 0 Å². The zero-order chi connectivity index (χ0) is 16.3. The number of phosphoric ester groups is 1. The molecule has 1 amide bonds. The lowest BCUT2D eigenvalue weighted by Gasteiger charge is -2.26. The van der Waals surface area contributed by atoms with E-state index in [9.17, 15) is 9.36 Å². The zero-order valence-electron chi connectivity index (χ0n) is 13.4. The highest BCUT2D eigenvalue weighted by atomic mass is 31.2. The van der Waals surface area contributed by atoms with E-state index in [1.54, 1.807) is 32.1 Å². The van der Waals surface area contributed by atoms with Crippen LogP contribution in [0.3, 0.4) is 0 Å². The van der Waals surface area contributed by atoms with Crippen molar-refractivity contribution in [2.75, 3.05) is 19.8 Å². The summed E-state index contributed by atoms with van der Waals surface area (Å²) in [5, 5.41) is 1.02. The summed E-state index contributed by atoms with van der Waals surface area (Å²) in [4.78, 5) is 12.1. The Labute approximate surface area is 127 Å². The summed E-state index contributed by atoms with van der Waals surface area (Å²) in [5.41, 5.74) is 0. The molecule has 6 nitrogen and oxygen atoms in total. The van der Waals surface area contributed by atoms with Crippen molar-refractivity contribution in [1.29, 1.82) is 0 Å². The number of carbonyl (C=O) groups is 1. The third kappa shape index (κ3) is 8.83. The number of rotatable bonds is 10. The van der Waals surface area contributed by atoms with Crippen LogP contribution in [-0.2, 0) is 23.0 Å². The standard InChI is InChI=1S/C14H26NO5P/c1-6-9-10-11-14(16)15(12-13(4)5)20-21(17,18-7-2)19-8-3/h6,9-11,13H,7-8,12H2,1-5H3. The SMILES string of the molecule is CC=CC=CC(=O)N(CC(C)C)OP(=O)(OCC)OCC. The summed E-state index contributed by atoms with van der Waals surface area (Å²) in [6, 6.07) is 0. The quantitative estimate of drug-likeness (QED) is 0.266. The fourth-order valence-corrected chi connectivity index (χ4v) is 2.54. The van der Waals surface area contributed by atoms with E-state index in [0.717, 1.165) is 5.06 Å². The molecule has 21 heavy (non-hydrogen) atoms. The van der Waals surface area contributed by atoms with Crippen molar-refractivity contribution >= 4 is 13.7 Å². The number of hydrogen-bond acceptors (Lipinski definition) is 5. The highest BCUT2D eigenvalue weighted by molar-refractivity contribution is 7.48. The highest BCUT2D eigenvalue weighted by Crippen LogP contribution is 2.50. The fourth-order valence-electron chi connectivity index (χ4n) is 1.35. The molecule has 7 heteroatoms. The van der Waals surface area contributed by atoms with Gasteiger partial charge in [0.15, 0.2) is 0 Å². The number of hydrogen-bond donors (Lipinski definition) is 0. The van der Waals surface area contributed by atoms with Gasteiger partial charge in [0.2, 0.25) is 0 Å². The largest absolute Gasteiger partial charge is 0.496 e. The molecule has 0 aliphatic rings. The Hall–Kier alpha value is -0.940. The number of hydroxylamine groups is 2. The second-order valence-corrected chi connectivity index (χ2v) is 6.12. The van der Waals surface area contributed by atoms with Gasteiger partial charge in [0.1, 0.15) is 0 Å². The molecular formula is C14H26NO5P. The Bertz CT molecular complexity index is 396. The van der Waals surface area contributed by atoms with Crippen molar-refractivity contribution in [3.8, 4) is 0 Å². The van der Waals surface area contributed by atoms with Gasteiger partial charge in [-0.1, -0.05) is 32.1 Å². The van der Waals surface area contributed by atoms with Gasteiger partial charge in [-0.3, -0.25) is 13.8 Å². The summed E-state index contributed by atoms with van der Waals surface area (Å²) in [6.45, 7) is 9.64. The van der Waals surface area contributed by atoms with Gasteiger partial charge in [0.05, 0.1) is 19.8 Å². The van der Waals surface area contributed by atoms with Crippen molar-refractivity contribution in [1.82, 2.24) is 5.06 Å². The number of amides is 1. The van der Waals surface area contributed by atoms with Crippen molar-refractivity contribution < 1.29 is 23.0 Å². The molecule has 0 aromatic heterocycles. The molecule has 0 atom stereocenters. The van der Waals surface area contributed by atoms with Crippen molar-refractivity contribution in [2.24, 2.45) is 5.92 Å². The van der Waals surface area contributed by atoms with E-state index in [1.165, 1.54) is 6.08 Å². The molecule has 0 unspecified atom stereocenters. The van der Waals surface area contributed by atoms with Crippen LogP contribution in [0.5, 0.6) is 0 Å². The van der Waals surface area contributed by atoms with Gasteiger partial charge in [-0.05, 0) is 26.7 Å². The number of phosphoric acid groups is 1. The summed E-state index contributed by atoms with van der Waals surface area (Å²) >= 11 is 0. The molecule has 122 valence electrons. The molecule has 0 spiro atoms. The normalized spacial score (nSPS) is 12.7. The molecule has 0 aliphatic carbocycles. The van der Waals surface area contributed by atoms with Crippen LogP contribution in [-0.4, -0.2) is 30.7 Å². The Balaban J connectivity index is 5.04. The van der Waals surface area contributed by atoms with Crippen LogP contribution in [0.25, 0.3) is 0 Å². The first kappa shape index (κ1) is 20.1. The lowest BCUT2D eigenvalue weighted by molar-refractivity contribution is -0.159. The van der Waals surface area contributed by atoms with Gasteiger partial charge in [-0.2, -0.15) is 4.62 Å². The van der Waals surface area contributed by atoms with Gasteiger partial charge in [-0.15, -0.1) is 0 Å². The second-order valence-electron chi connectivity index (χ2n) is 4.54. The molecule has 0 aliphatic heterocycles. The zero-order valence-corrected chi connectivity index (χ0v) is 14.3. The lowest BCUT2D eigenvalue weighted by Crippen LogP contribution is -2.32. The molecule has 0 aromatic carbocycles. The summed E-state index contributed by atoms with van der Waals surface area (Å²) in [7, 11) is -3.77. The van der Waals surface area contributed by atoms with E-state index in [4.69, 9.17) is 13.7 Å². The first-order valence-corrected chi connectivity index (χ1v) is 8.54. The third-order valence-corrected chi connectivity index (χ3v) is 3.64. The monoisotopic (exact) mass is 319 g/mol. The maximum atomic E-state index is 12.3. The van der Waals surface area contributed by atoms with Crippen molar-refractivity contribution in [3.05, 3.63) is 24.3 Å². The Kier molecular flexibility index (Phi) is 10.3. The molecular weight excluding hydrogens is 293 g/mol. The van der Waals surface area contributed by atoms with Gasteiger partial charge >= 0.3 is 7.82 Å². The van der Waals surface area contributed by atoms with Gasteiger partial charge in [-0.25, -0.2) is 9.63 Å². The molecule has 0 N–H and O–H groups in total. The topological polar surface area (TPSA) is 65.1 Å². The van der Waals surface area contributed by atoms with E-state index in [-0.39, 0.29) is 25.7 Å².